The molecule has 0 spiro atoms. The van der Waals surface area contributed by atoms with Crippen LogP contribution in [0.15, 0.2) is 63.6 Å². The first-order valence-electron chi connectivity index (χ1n) is 9.59. The van der Waals surface area contributed by atoms with Crippen LogP contribution in [0, 0.1) is 6.92 Å². The van der Waals surface area contributed by atoms with Gasteiger partial charge in [-0.05, 0) is 61.5 Å². The molecule has 0 aliphatic carbocycles. The molecular weight excluding hydrogens is 486 g/mol. The van der Waals surface area contributed by atoms with Crippen molar-refractivity contribution in [2.24, 2.45) is 0 Å². The van der Waals surface area contributed by atoms with Crippen LogP contribution in [0.25, 0.3) is 16.6 Å². The molecule has 0 unspecified atom stereocenters. The van der Waals surface area contributed by atoms with E-state index in [4.69, 9.17) is 11.6 Å². The lowest BCUT2D eigenvalue weighted by atomic mass is 10.2. The maximum Gasteiger partial charge on any atom is 0.333 e. The van der Waals surface area contributed by atoms with E-state index >= 15 is 0 Å². The number of nitrogens with one attached hydrogen (secondary N) is 3. The fraction of sp³-hybridized carbons (Fsp3) is 0.0952. The van der Waals surface area contributed by atoms with Crippen LogP contribution in [0.4, 0.5) is 16.2 Å². The molecule has 170 valence electrons. The number of hydrogen-bond donors (Lipinski definition) is 3. The highest BCUT2D eigenvalue weighted by Crippen LogP contribution is 2.25. The zero-order chi connectivity index (χ0) is 23.8. The Bertz CT molecular complexity index is 1530. The van der Waals surface area contributed by atoms with Crippen molar-refractivity contribution in [3.8, 4) is 5.69 Å². The SMILES string of the molecule is CNc1ccc2c(=O)n(-c3ccc(NC(=O)NS(=O)(=O)c4ccc(Cl)s4)cc3)c(C)nc2c1. The van der Waals surface area contributed by atoms with Crippen LogP contribution in [-0.4, -0.2) is 31.0 Å². The third-order valence-electron chi connectivity index (χ3n) is 4.75. The number of amides is 2. The van der Waals surface area contributed by atoms with Gasteiger partial charge in [0.15, 0.2) is 0 Å². The highest BCUT2D eigenvalue weighted by atomic mass is 35.5. The molecule has 0 saturated heterocycles. The van der Waals surface area contributed by atoms with E-state index in [1.54, 1.807) is 56.4 Å². The van der Waals surface area contributed by atoms with Crippen molar-refractivity contribution < 1.29 is 13.2 Å². The molecule has 0 bridgehead atoms. The summed E-state index contributed by atoms with van der Waals surface area (Å²) in [5, 5.41) is 5.95. The van der Waals surface area contributed by atoms with E-state index in [9.17, 15) is 18.0 Å². The molecular formula is C21H18ClN5O4S2. The van der Waals surface area contributed by atoms with Crippen LogP contribution in [0.2, 0.25) is 4.34 Å². The second-order valence-corrected chi connectivity index (χ2v) is 10.6. The largest absolute Gasteiger partial charge is 0.388 e. The van der Waals surface area contributed by atoms with Crippen molar-refractivity contribution in [2.75, 3.05) is 17.7 Å². The molecule has 0 fully saturated rings. The Labute approximate surface area is 198 Å². The van der Waals surface area contributed by atoms with Crippen molar-refractivity contribution in [3.05, 3.63) is 75.1 Å². The second kappa shape index (κ2) is 8.85. The number of urea groups is 1. The molecule has 33 heavy (non-hydrogen) atoms. The maximum absolute atomic E-state index is 13.1. The van der Waals surface area contributed by atoms with Gasteiger partial charge in [-0.2, -0.15) is 0 Å². The minimum absolute atomic E-state index is 0.0708. The predicted molar refractivity (Wildman–Crippen MR) is 130 cm³/mol. The standard InChI is InChI=1S/C21H18ClN5O4S2/c1-12-24-17-11-14(23-2)5-8-16(17)20(28)27(12)15-6-3-13(4-7-15)25-21(29)26-33(30,31)19-10-9-18(22)32-19/h3-11,23H,1-2H3,(H2,25,26,29). The number of sulfonamides is 1. The number of aromatic nitrogens is 2. The summed E-state index contributed by atoms with van der Waals surface area (Å²) in [5.41, 5.74) is 2.11. The first-order chi connectivity index (χ1) is 15.7. The molecule has 3 N–H and O–H groups in total. The highest BCUT2D eigenvalue weighted by Gasteiger charge is 2.20. The van der Waals surface area contributed by atoms with Crippen molar-refractivity contribution in [1.29, 1.82) is 0 Å². The van der Waals surface area contributed by atoms with Gasteiger partial charge < -0.3 is 10.6 Å². The van der Waals surface area contributed by atoms with E-state index in [1.807, 2.05) is 4.72 Å². The van der Waals surface area contributed by atoms with Gasteiger partial charge >= 0.3 is 6.03 Å². The summed E-state index contributed by atoms with van der Waals surface area (Å²) in [4.78, 5) is 29.8. The molecule has 0 saturated carbocycles. The number of anilines is 2. The van der Waals surface area contributed by atoms with Crippen LogP contribution in [-0.2, 0) is 10.0 Å². The van der Waals surface area contributed by atoms with Gasteiger partial charge in [0.25, 0.3) is 15.6 Å². The first-order valence-corrected chi connectivity index (χ1v) is 12.3. The molecule has 2 aromatic carbocycles. The third-order valence-corrected chi connectivity index (χ3v) is 7.80. The Morgan fingerprint density at radius 2 is 1.76 bits per heavy atom. The third kappa shape index (κ3) is 4.70. The number of carbonyl (C=O) groups is 1. The predicted octanol–water partition coefficient (Wildman–Crippen LogP) is 3.96. The molecule has 0 aliphatic rings. The Kier molecular flexibility index (Phi) is 6.11. The lowest BCUT2D eigenvalue weighted by molar-refractivity contribution is 0.256. The molecule has 2 heterocycles. The van der Waals surface area contributed by atoms with Gasteiger partial charge in [-0.1, -0.05) is 11.6 Å². The summed E-state index contributed by atoms with van der Waals surface area (Å²) in [6.07, 6.45) is 0. The van der Waals surface area contributed by atoms with Crippen LogP contribution >= 0.6 is 22.9 Å². The van der Waals surface area contributed by atoms with Gasteiger partial charge in [0.05, 0.1) is 20.9 Å². The lowest BCUT2D eigenvalue weighted by Gasteiger charge is -2.13. The number of hydrogen-bond acceptors (Lipinski definition) is 7. The Morgan fingerprint density at radius 1 is 1.06 bits per heavy atom. The molecule has 9 nitrogen and oxygen atoms in total. The first kappa shape index (κ1) is 22.8. The lowest BCUT2D eigenvalue weighted by Crippen LogP contribution is -2.33. The van der Waals surface area contributed by atoms with Gasteiger partial charge in [-0.25, -0.2) is 22.9 Å². The minimum atomic E-state index is -4.03. The molecule has 4 rings (SSSR count). The average molecular weight is 504 g/mol. The van der Waals surface area contributed by atoms with E-state index < -0.39 is 16.1 Å². The molecule has 2 aromatic heterocycles. The smallest absolute Gasteiger partial charge is 0.333 e. The van der Waals surface area contributed by atoms with Crippen LogP contribution in [0.5, 0.6) is 0 Å². The summed E-state index contributed by atoms with van der Waals surface area (Å²) in [7, 11) is -2.24. The van der Waals surface area contributed by atoms with Gasteiger partial charge in [0.1, 0.15) is 10.0 Å². The number of carbonyl (C=O) groups excluding carboxylic acids is 1. The summed E-state index contributed by atoms with van der Waals surface area (Å²) >= 11 is 6.60. The number of fused-ring (bicyclic) bond motifs is 1. The molecule has 0 atom stereocenters. The monoisotopic (exact) mass is 503 g/mol. The number of rotatable bonds is 5. The number of aryl methyl sites for hydroxylation is 1. The Hall–Kier alpha value is -3.41. The van der Waals surface area contributed by atoms with Crippen molar-refractivity contribution in [2.45, 2.75) is 11.1 Å². The van der Waals surface area contributed by atoms with E-state index in [1.165, 1.54) is 16.7 Å². The van der Waals surface area contributed by atoms with E-state index in [0.717, 1.165) is 17.0 Å². The molecule has 0 aliphatic heterocycles. The summed E-state index contributed by atoms with van der Waals surface area (Å²) < 4.78 is 28.1. The quantitative estimate of drug-likeness (QED) is 0.379. The van der Waals surface area contributed by atoms with Crippen molar-refractivity contribution in [3.63, 3.8) is 0 Å². The number of benzene rings is 2. The van der Waals surface area contributed by atoms with Gasteiger partial charge in [-0.3, -0.25) is 9.36 Å². The zero-order valence-corrected chi connectivity index (χ0v) is 19.8. The summed E-state index contributed by atoms with van der Waals surface area (Å²) in [6, 6.07) is 13.5. The zero-order valence-electron chi connectivity index (χ0n) is 17.4. The fourth-order valence-corrected chi connectivity index (χ4v) is 5.61. The van der Waals surface area contributed by atoms with E-state index in [2.05, 4.69) is 15.6 Å². The van der Waals surface area contributed by atoms with Gasteiger partial charge in [0.2, 0.25) is 0 Å². The highest BCUT2D eigenvalue weighted by molar-refractivity contribution is 7.92. The average Bonchev–Trinajstić information content (AvgIpc) is 3.21. The summed E-state index contributed by atoms with van der Waals surface area (Å²) in [6.45, 7) is 1.73. The molecule has 12 heteroatoms. The number of halogens is 1. The van der Waals surface area contributed by atoms with Crippen LogP contribution in [0.1, 0.15) is 5.82 Å². The Morgan fingerprint density at radius 3 is 2.39 bits per heavy atom. The van der Waals surface area contributed by atoms with Crippen molar-refractivity contribution in [1.82, 2.24) is 14.3 Å². The topological polar surface area (TPSA) is 122 Å². The van der Waals surface area contributed by atoms with Crippen molar-refractivity contribution >= 4 is 61.3 Å². The maximum atomic E-state index is 13.1. The number of thiophene rings is 1. The van der Waals surface area contributed by atoms with Gasteiger partial charge in [-0.15, -0.1) is 11.3 Å². The van der Waals surface area contributed by atoms with Crippen LogP contribution < -0.4 is 20.9 Å². The minimum Gasteiger partial charge on any atom is -0.388 e. The number of nitrogens with zero attached hydrogens (tertiary/aromatic N) is 2. The second-order valence-electron chi connectivity index (χ2n) is 6.95. The van der Waals surface area contributed by atoms with E-state index in [0.29, 0.717) is 32.4 Å². The van der Waals surface area contributed by atoms with Gasteiger partial charge in [0, 0.05) is 18.4 Å². The normalized spacial score (nSPS) is 11.4. The molecule has 0 radical (unpaired) electrons. The van der Waals surface area contributed by atoms with Crippen LogP contribution in [0.3, 0.4) is 0 Å². The molecule has 4 aromatic rings. The Balaban J connectivity index is 1.55. The fourth-order valence-electron chi connectivity index (χ4n) is 3.22. The summed E-state index contributed by atoms with van der Waals surface area (Å²) in [5.74, 6) is 0.500. The molecule has 2 amide bonds. The van der Waals surface area contributed by atoms with E-state index in [-0.39, 0.29) is 9.77 Å².